The van der Waals surface area contributed by atoms with E-state index < -0.39 is 10.1 Å². The highest BCUT2D eigenvalue weighted by Crippen LogP contribution is 1.91. The van der Waals surface area contributed by atoms with Gasteiger partial charge in [-0.2, -0.15) is 8.42 Å². The van der Waals surface area contributed by atoms with Crippen LogP contribution in [0.3, 0.4) is 0 Å². The molecular formula is C5H15NO3S. The maximum Gasteiger partial charge on any atom is 0.264 e. The first-order chi connectivity index (χ1) is 4.06. The molecule has 0 aliphatic heterocycles. The minimum atomic E-state index is -3.20. The van der Waals surface area contributed by atoms with Gasteiger partial charge in [0.2, 0.25) is 0 Å². The minimum Gasteiger partial charge on any atom is -0.344 e. The first kappa shape index (κ1) is 12.5. The van der Waals surface area contributed by atoms with Crippen molar-refractivity contribution in [3.63, 3.8) is 0 Å². The third-order valence-electron chi connectivity index (χ3n) is 0.795. The number of hydrogen-bond acceptors (Lipinski definition) is 4. The highest BCUT2D eigenvalue weighted by Gasteiger charge is 1.98. The van der Waals surface area contributed by atoms with E-state index in [0.29, 0.717) is 6.61 Å². The zero-order valence-electron chi connectivity index (χ0n) is 6.46. The standard InChI is InChI=1S/C5H12O3S.H3N/c1-3-4-5-8-9(2,6)7;/h3-5H2,1-2H3;1H3. The largest absolute Gasteiger partial charge is 0.344 e. The van der Waals surface area contributed by atoms with Crippen LogP contribution >= 0.6 is 0 Å². The highest BCUT2D eigenvalue weighted by molar-refractivity contribution is 7.85. The summed E-state index contributed by atoms with van der Waals surface area (Å²) in [6.45, 7) is 2.29. The number of hydrogen-bond donors (Lipinski definition) is 1. The molecule has 0 aliphatic carbocycles. The molecular weight excluding hydrogens is 154 g/mol. The SMILES string of the molecule is CCCCOS(C)(=O)=O.N. The smallest absolute Gasteiger partial charge is 0.264 e. The molecule has 3 N–H and O–H groups in total. The maximum absolute atomic E-state index is 10.3. The molecule has 0 aromatic carbocycles. The molecule has 0 saturated carbocycles. The molecule has 0 saturated heterocycles. The second-order valence-electron chi connectivity index (χ2n) is 1.88. The van der Waals surface area contributed by atoms with Crippen molar-refractivity contribution in [2.45, 2.75) is 19.8 Å². The van der Waals surface area contributed by atoms with Crippen LogP contribution in [0.25, 0.3) is 0 Å². The summed E-state index contributed by atoms with van der Waals surface area (Å²) in [5.41, 5.74) is 0. The Hall–Kier alpha value is -0.130. The average Bonchev–Trinajstić information content (AvgIpc) is 1.63. The second kappa shape index (κ2) is 5.64. The predicted molar refractivity (Wildman–Crippen MR) is 40.7 cm³/mol. The van der Waals surface area contributed by atoms with Gasteiger partial charge in [-0.3, -0.25) is 4.18 Å². The first-order valence-electron chi connectivity index (χ1n) is 2.90. The van der Waals surface area contributed by atoms with Crippen molar-refractivity contribution in [1.29, 1.82) is 0 Å². The van der Waals surface area contributed by atoms with Crippen LogP contribution in [0.1, 0.15) is 19.8 Å². The van der Waals surface area contributed by atoms with Crippen LogP contribution in [0.4, 0.5) is 0 Å². The summed E-state index contributed by atoms with van der Waals surface area (Å²) in [6, 6.07) is 0. The van der Waals surface area contributed by atoms with Gasteiger partial charge in [-0.25, -0.2) is 0 Å². The van der Waals surface area contributed by atoms with E-state index in [1.807, 2.05) is 6.92 Å². The molecule has 10 heavy (non-hydrogen) atoms. The molecule has 0 radical (unpaired) electrons. The Morgan fingerprint density at radius 1 is 1.40 bits per heavy atom. The predicted octanol–water partition coefficient (Wildman–Crippen LogP) is 0.925. The Balaban J connectivity index is 0. The number of rotatable bonds is 4. The maximum atomic E-state index is 10.3. The van der Waals surface area contributed by atoms with E-state index in [4.69, 9.17) is 0 Å². The van der Waals surface area contributed by atoms with Gasteiger partial charge in [0, 0.05) is 0 Å². The monoisotopic (exact) mass is 169 g/mol. The normalized spacial score (nSPS) is 10.6. The molecule has 0 amide bonds. The quantitative estimate of drug-likeness (QED) is 0.501. The van der Waals surface area contributed by atoms with E-state index in [1.54, 1.807) is 0 Å². The summed E-state index contributed by atoms with van der Waals surface area (Å²) in [6.07, 6.45) is 2.81. The van der Waals surface area contributed by atoms with E-state index in [2.05, 4.69) is 4.18 Å². The van der Waals surface area contributed by atoms with Crippen molar-refractivity contribution in [2.75, 3.05) is 12.9 Å². The summed E-state index contributed by atoms with van der Waals surface area (Å²) in [5.74, 6) is 0. The molecule has 0 unspecified atom stereocenters. The molecule has 0 aliphatic rings. The van der Waals surface area contributed by atoms with E-state index in [0.717, 1.165) is 19.1 Å². The second-order valence-corrected chi connectivity index (χ2v) is 3.52. The topological polar surface area (TPSA) is 78.4 Å². The van der Waals surface area contributed by atoms with Crippen molar-refractivity contribution in [1.82, 2.24) is 6.15 Å². The van der Waals surface area contributed by atoms with Crippen LogP contribution in [0.5, 0.6) is 0 Å². The van der Waals surface area contributed by atoms with Crippen molar-refractivity contribution in [3.8, 4) is 0 Å². The molecule has 0 spiro atoms. The van der Waals surface area contributed by atoms with Gasteiger partial charge < -0.3 is 6.15 Å². The first-order valence-corrected chi connectivity index (χ1v) is 4.72. The summed E-state index contributed by atoms with van der Waals surface area (Å²) >= 11 is 0. The lowest BCUT2D eigenvalue weighted by Crippen LogP contribution is -2.03. The Morgan fingerprint density at radius 2 is 1.90 bits per heavy atom. The molecule has 5 heteroatoms. The Bertz CT molecular complexity index is 152. The van der Waals surface area contributed by atoms with Gasteiger partial charge in [0.25, 0.3) is 10.1 Å². The highest BCUT2D eigenvalue weighted by atomic mass is 32.2. The lowest BCUT2D eigenvalue weighted by Gasteiger charge is -1.96. The van der Waals surface area contributed by atoms with E-state index in [-0.39, 0.29) is 6.15 Å². The van der Waals surface area contributed by atoms with Gasteiger partial charge in [0.15, 0.2) is 0 Å². The molecule has 0 bridgehead atoms. The number of unbranched alkanes of at least 4 members (excludes halogenated alkanes) is 1. The fourth-order valence-corrected chi connectivity index (χ4v) is 0.775. The lowest BCUT2D eigenvalue weighted by molar-refractivity contribution is 0.314. The Kier molecular flexibility index (Phi) is 7.07. The van der Waals surface area contributed by atoms with Crippen molar-refractivity contribution < 1.29 is 12.6 Å². The fourth-order valence-electron chi connectivity index (χ4n) is 0.355. The van der Waals surface area contributed by atoms with E-state index in [9.17, 15) is 8.42 Å². The molecule has 0 rings (SSSR count). The molecule has 0 aromatic rings. The fraction of sp³-hybridized carbons (Fsp3) is 1.00. The third-order valence-corrected chi connectivity index (χ3v) is 1.39. The summed E-state index contributed by atoms with van der Waals surface area (Å²) in [5, 5.41) is 0. The summed E-state index contributed by atoms with van der Waals surface area (Å²) < 4.78 is 25.0. The van der Waals surface area contributed by atoms with Gasteiger partial charge in [0.05, 0.1) is 12.9 Å². The van der Waals surface area contributed by atoms with Crippen LogP contribution in [-0.2, 0) is 14.3 Å². The molecule has 0 fully saturated rings. The van der Waals surface area contributed by atoms with Crippen LogP contribution in [0.15, 0.2) is 0 Å². The van der Waals surface area contributed by atoms with Gasteiger partial charge in [-0.1, -0.05) is 13.3 Å². The van der Waals surface area contributed by atoms with E-state index >= 15 is 0 Å². The van der Waals surface area contributed by atoms with Gasteiger partial charge in [-0.15, -0.1) is 0 Å². The van der Waals surface area contributed by atoms with Crippen molar-refractivity contribution >= 4 is 10.1 Å². The zero-order chi connectivity index (χ0) is 7.33. The molecule has 64 valence electrons. The average molecular weight is 169 g/mol. The summed E-state index contributed by atoms with van der Waals surface area (Å²) in [7, 11) is -3.20. The molecule has 0 atom stereocenters. The molecule has 0 heterocycles. The third kappa shape index (κ3) is 10.8. The summed E-state index contributed by atoms with van der Waals surface area (Å²) in [4.78, 5) is 0. The lowest BCUT2D eigenvalue weighted by atomic mass is 10.4. The van der Waals surface area contributed by atoms with Gasteiger partial charge in [0.1, 0.15) is 0 Å². The van der Waals surface area contributed by atoms with Crippen LogP contribution in [0, 0.1) is 0 Å². The van der Waals surface area contributed by atoms with Crippen molar-refractivity contribution in [2.24, 2.45) is 0 Å². The zero-order valence-corrected chi connectivity index (χ0v) is 7.28. The van der Waals surface area contributed by atoms with Gasteiger partial charge >= 0.3 is 0 Å². The van der Waals surface area contributed by atoms with Crippen LogP contribution in [-0.4, -0.2) is 21.3 Å². The van der Waals surface area contributed by atoms with E-state index in [1.165, 1.54) is 0 Å². The molecule has 4 nitrogen and oxygen atoms in total. The van der Waals surface area contributed by atoms with Crippen LogP contribution in [0.2, 0.25) is 0 Å². The van der Waals surface area contributed by atoms with Gasteiger partial charge in [-0.05, 0) is 6.42 Å². The van der Waals surface area contributed by atoms with Crippen LogP contribution < -0.4 is 6.15 Å². The Labute approximate surface area is 62.3 Å². The minimum absolute atomic E-state index is 0. The Morgan fingerprint density at radius 3 is 2.20 bits per heavy atom. The van der Waals surface area contributed by atoms with Crippen molar-refractivity contribution in [3.05, 3.63) is 0 Å². The molecule has 0 aromatic heterocycles.